The third kappa shape index (κ3) is 5.42. The number of rotatable bonds is 4. The first-order valence-corrected chi connectivity index (χ1v) is 6.46. The molecule has 0 atom stereocenters. The van der Waals surface area contributed by atoms with Crippen molar-refractivity contribution in [2.45, 2.75) is 32.1 Å². The molecule has 0 aromatic rings. The monoisotopic (exact) mass is 353 g/mol. The van der Waals surface area contributed by atoms with E-state index in [-0.39, 0.29) is 24.0 Å². The van der Waals surface area contributed by atoms with E-state index in [0.717, 1.165) is 45.1 Å². The van der Waals surface area contributed by atoms with Gasteiger partial charge in [0.25, 0.3) is 0 Å². The van der Waals surface area contributed by atoms with Gasteiger partial charge in [0, 0.05) is 26.3 Å². The highest BCUT2D eigenvalue weighted by Gasteiger charge is 2.17. The van der Waals surface area contributed by atoms with Crippen molar-refractivity contribution in [2.24, 2.45) is 22.6 Å². The van der Waals surface area contributed by atoms with E-state index in [1.54, 1.807) is 0 Å². The molecule has 0 bridgehead atoms. The summed E-state index contributed by atoms with van der Waals surface area (Å²) < 4.78 is 5.32. The van der Waals surface area contributed by atoms with Gasteiger partial charge in [0.1, 0.15) is 0 Å². The maximum absolute atomic E-state index is 5.83. The van der Waals surface area contributed by atoms with Gasteiger partial charge in [-0.1, -0.05) is 6.42 Å². The predicted octanol–water partition coefficient (Wildman–Crippen LogP) is 1.74. The molecule has 1 saturated carbocycles. The van der Waals surface area contributed by atoms with E-state index in [0.29, 0.717) is 11.9 Å². The molecule has 0 radical (unpaired) electrons. The lowest BCUT2D eigenvalue weighted by molar-refractivity contribution is 0.0676. The molecule has 5 heteroatoms. The SMILES string of the molecule is I.NC(=NCC1CCC1)NCC1CCOCC1. The third-order valence-electron chi connectivity index (χ3n) is 3.66. The average molecular weight is 353 g/mol. The fourth-order valence-electron chi connectivity index (χ4n) is 2.16. The van der Waals surface area contributed by atoms with E-state index in [1.807, 2.05) is 0 Å². The fraction of sp³-hybridized carbons (Fsp3) is 0.917. The highest BCUT2D eigenvalue weighted by atomic mass is 127. The molecule has 1 saturated heterocycles. The van der Waals surface area contributed by atoms with Crippen molar-refractivity contribution in [1.29, 1.82) is 0 Å². The Labute approximate surface area is 121 Å². The Hall–Kier alpha value is -0.0400. The van der Waals surface area contributed by atoms with Crippen molar-refractivity contribution in [1.82, 2.24) is 5.32 Å². The molecule has 4 nitrogen and oxygen atoms in total. The summed E-state index contributed by atoms with van der Waals surface area (Å²) in [6, 6.07) is 0. The molecule has 0 aromatic heterocycles. The molecule has 3 N–H and O–H groups in total. The molecule has 1 aliphatic heterocycles. The summed E-state index contributed by atoms with van der Waals surface area (Å²) in [4.78, 5) is 4.38. The van der Waals surface area contributed by atoms with Gasteiger partial charge < -0.3 is 15.8 Å². The molecule has 0 unspecified atom stereocenters. The zero-order chi connectivity index (χ0) is 11.2. The quantitative estimate of drug-likeness (QED) is 0.460. The Bertz CT molecular complexity index is 238. The van der Waals surface area contributed by atoms with Crippen LogP contribution in [0.5, 0.6) is 0 Å². The maximum Gasteiger partial charge on any atom is 0.188 e. The second-order valence-electron chi connectivity index (χ2n) is 4.96. The highest BCUT2D eigenvalue weighted by molar-refractivity contribution is 14.0. The number of hydrogen-bond donors (Lipinski definition) is 2. The Morgan fingerprint density at radius 3 is 2.47 bits per heavy atom. The minimum Gasteiger partial charge on any atom is -0.381 e. The third-order valence-corrected chi connectivity index (χ3v) is 3.66. The number of nitrogens with zero attached hydrogens (tertiary/aromatic N) is 1. The van der Waals surface area contributed by atoms with Crippen LogP contribution in [0.3, 0.4) is 0 Å². The van der Waals surface area contributed by atoms with Crippen LogP contribution in [0.25, 0.3) is 0 Å². The Morgan fingerprint density at radius 1 is 1.18 bits per heavy atom. The molecule has 0 amide bonds. The van der Waals surface area contributed by atoms with Gasteiger partial charge in [0.05, 0.1) is 0 Å². The summed E-state index contributed by atoms with van der Waals surface area (Å²) in [7, 11) is 0. The number of aliphatic imine (C=N–C) groups is 1. The molecule has 0 spiro atoms. The topological polar surface area (TPSA) is 59.6 Å². The van der Waals surface area contributed by atoms with Gasteiger partial charge in [-0.05, 0) is 37.5 Å². The van der Waals surface area contributed by atoms with Crippen molar-refractivity contribution in [3.05, 3.63) is 0 Å². The van der Waals surface area contributed by atoms with E-state index >= 15 is 0 Å². The zero-order valence-electron chi connectivity index (χ0n) is 10.4. The molecule has 2 rings (SSSR count). The van der Waals surface area contributed by atoms with E-state index in [2.05, 4.69) is 10.3 Å². The van der Waals surface area contributed by atoms with Crippen molar-refractivity contribution in [3.63, 3.8) is 0 Å². The Balaban J connectivity index is 0.00000144. The zero-order valence-corrected chi connectivity index (χ0v) is 12.7. The number of nitrogens with two attached hydrogens (primary N) is 1. The second kappa shape index (κ2) is 8.13. The summed E-state index contributed by atoms with van der Waals surface area (Å²) in [6.45, 7) is 3.65. The molecular weight excluding hydrogens is 329 g/mol. The van der Waals surface area contributed by atoms with Crippen LogP contribution >= 0.6 is 24.0 Å². The van der Waals surface area contributed by atoms with Gasteiger partial charge >= 0.3 is 0 Å². The van der Waals surface area contributed by atoms with Crippen LogP contribution in [-0.2, 0) is 4.74 Å². The van der Waals surface area contributed by atoms with Crippen LogP contribution in [-0.4, -0.2) is 32.3 Å². The number of nitrogens with one attached hydrogen (secondary N) is 1. The van der Waals surface area contributed by atoms with Gasteiger partial charge in [-0.15, -0.1) is 24.0 Å². The van der Waals surface area contributed by atoms with Gasteiger partial charge in [0.15, 0.2) is 5.96 Å². The normalized spacial score (nSPS) is 22.7. The van der Waals surface area contributed by atoms with Crippen molar-refractivity contribution in [3.8, 4) is 0 Å². The Morgan fingerprint density at radius 2 is 1.88 bits per heavy atom. The Kier molecular flexibility index (Phi) is 7.18. The van der Waals surface area contributed by atoms with Crippen LogP contribution in [0.2, 0.25) is 0 Å². The number of guanidine groups is 1. The molecule has 2 aliphatic rings. The predicted molar refractivity (Wildman–Crippen MR) is 80.8 cm³/mol. The smallest absolute Gasteiger partial charge is 0.188 e. The van der Waals surface area contributed by atoms with Gasteiger partial charge in [0.2, 0.25) is 0 Å². The molecule has 17 heavy (non-hydrogen) atoms. The van der Waals surface area contributed by atoms with Crippen LogP contribution in [0.15, 0.2) is 4.99 Å². The second-order valence-corrected chi connectivity index (χ2v) is 4.96. The molecular formula is C12H24IN3O. The van der Waals surface area contributed by atoms with Crippen LogP contribution < -0.4 is 11.1 Å². The van der Waals surface area contributed by atoms with Crippen molar-refractivity contribution >= 4 is 29.9 Å². The number of ether oxygens (including phenoxy) is 1. The standard InChI is InChI=1S/C12H23N3O.HI/c13-12(14-8-10-2-1-3-10)15-9-11-4-6-16-7-5-11;/h10-11H,1-9H2,(H3,13,14,15);1H. The van der Waals surface area contributed by atoms with E-state index in [4.69, 9.17) is 10.5 Å². The lowest BCUT2D eigenvalue weighted by Gasteiger charge is -2.24. The minimum atomic E-state index is 0. The first kappa shape index (κ1) is 15.0. The first-order chi connectivity index (χ1) is 7.84. The van der Waals surface area contributed by atoms with Crippen LogP contribution in [0, 0.1) is 11.8 Å². The largest absolute Gasteiger partial charge is 0.381 e. The lowest BCUT2D eigenvalue weighted by atomic mass is 9.86. The number of halogens is 1. The van der Waals surface area contributed by atoms with Crippen LogP contribution in [0.1, 0.15) is 32.1 Å². The summed E-state index contributed by atoms with van der Waals surface area (Å²) in [6.07, 6.45) is 6.31. The molecule has 0 aromatic carbocycles. The van der Waals surface area contributed by atoms with Crippen molar-refractivity contribution in [2.75, 3.05) is 26.3 Å². The fourth-order valence-corrected chi connectivity index (χ4v) is 2.16. The minimum absolute atomic E-state index is 0. The molecule has 1 heterocycles. The number of hydrogen-bond acceptors (Lipinski definition) is 2. The van der Waals surface area contributed by atoms with Gasteiger partial charge in [-0.2, -0.15) is 0 Å². The summed E-state index contributed by atoms with van der Waals surface area (Å²) >= 11 is 0. The summed E-state index contributed by atoms with van der Waals surface area (Å²) in [5.41, 5.74) is 5.83. The average Bonchev–Trinajstić information content (AvgIpc) is 2.26. The first-order valence-electron chi connectivity index (χ1n) is 6.46. The summed E-state index contributed by atoms with van der Waals surface area (Å²) in [5.74, 6) is 2.12. The highest BCUT2D eigenvalue weighted by Crippen LogP contribution is 2.26. The van der Waals surface area contributed by atoms with Crippen LogP contribution in [0.4, 0.5) is 0 Å². The van der Waals surface area contributed by atoms with Crippen molar-refractivity contribution < 1.29 is 4.74 Å². The molecule has 2 fully saturated rings. The molecule has 100 valence electrons. The van der Waals surface area contributed by atoms with Gasteiger partial charge in [-0.25, -0.2) is 0 Å². The summed E-state index contributed by atoms with van der Waals surface area (Å²) in [5, 5.41) is 3.23. The molecule has 1 aliphatic carbocycles. The van der Waals surface area contributed by atoms with E-state index in [9.17, 15) is 0 Å². The van der Waals surface area contributed by atoms with E-state index in [1.165, 1.54) is 19.3 Å². The van der Waals surface area contributed by atoms with Gasteiger partial charge in [-0.3, -0.25) is 4.99 Å². The van der Waals surface area contributed by atoms with E-state index < -0.39 is 0 Å². The maximum atomic E-state index is 5.83. The lowest BCUT2D eigenvalue weighted by Crippen LogP contribution is -2.37.